The molecule has 2 saturated carbocycles. The van der Waals surface area contributed by atoms with Crippen molar-refractivity contribution in [3.8, 4) is 0 Å². The molecule has 0 radical (unpaired) electrons. The van der Waals surface area contributed by atoms with Gasteiger partial charge in [-0.25, -0.2) is 0 Å². The quantitative estimate of drug-likeness (QED) is 0.292. The van der Waals surface area contributed by atoms with Crippen molar-refractivity contribution < 1.29 is 19.1 Å². The molecule has 0 amide bonds. The van der Waals surface area contributed by atoms with Gasteiger partial charge in [-0.1, -0.05) is 71.1 Å². The Hall–Kier alpha value is -1.06. The van der Waals surface area contributed by atoms with Crippen LogP contribution in [0.1, 0.15) is 110 Å². The van der Waals surface area contributed by atoms with Crippen LogP contribution in [0.25, 0.3) is 0 Å². The van der Waals surface area contributed by atoms with Gasteiger partial charge in [0.2, 0.25) is 0 Å². The summed E-state index contributed by atoms with van der Waals surface area (Å²) in [5.41, 5.74) is 0. The molecule has 2 atom stereocenters. The molecule has 0 spiro atoms. The molecule has 156 valence electrons. The highest BCUT2D eigenvalue weighted by atomic mass is 16.5. The molecule has 2 rings (SSSR count). The Morgan fingerprint density at radius 1 is 0.704 bits per heavy atom. The summed E-state index contributed by atoms with van der Waals surface area (Å²) in [4.78, 5) is 24.9. The van der Waals surface area contributed by atoms with E-state index >= 15 is 0 Å². The summed E-state index contributed by atoms with van der Waals surface area (Å²) in [5.74, 6) is -0.908. The Labute approximate surface area is 165 Å². The van der Waals surface area contributed by atoms with E-state index in [4.69, 9.17) is 9.47 Å². The monoisotopic (exact) mass is 380 g/mol. The predicted molar refractivity (Wildman–Crippen MR) is 107 cm³/mol. The maximum Gasteiger partial charge on any atom is 0.310 e. The second kappa shape index (κ2) is 13.2. The van der Waals surface area contributed by atoms with E-state index in [0.29, 0.717) is 6.61 Å². The van der Waals surface area contributed by atoms with E-state index in [0.717, 1.165) is 57.8 Å². The van der Waals surface area contributed by atoms with Crippen LogP contribution in [0, 0.1) is 11.8 Å². The van der Waals surface area contributed by atoms with Crippen LogP contribution in [0.2, 0.25) is 0 Å². The molecule has 0 N–H and O–H groups in total. The zero-order chi connectivity index (χ0) is 19.3. The molecule has 0 aliphatic heterocycles. The van der Waals surface area contributed by atoms with Gasteiger partial charge < -0.3 is 9.47 Å². The van der Waals surface area contributed by atoms with Crippen molar-refractivity contribution in [1.29, 1.82) is 0 Å². The molecule has 0 saturated heterocycles. The molecule has 4 nitrogen and oxygen atoms in total. The van der Waals surface area contributed by atoms with Gasteiger partial charge in [0.05, 0.1) is 18.4 Å². The fourth-order valence-electron chi connectivity index (χ4n) is 4.13. The summed E-state index contributed by atoms with van der Waals surface area (Å²) in [5, 5.41) is 0. The van der Waals surface area contributed by atoms with Crippen LogP contribution in [-0.4, -0.2) is 24.6 Å². The van der Waals surface area contributed by atoms with E-state index in [2.05, 4.69) is 6.92 Å². The summed E-state index contributed by atoms with van der Waals surface area (Å²) in [7, 11) is 0. The average molecular weight is 381 g/mol. The smallest absolute Gasteiger partial charge is 0.310 e. The molecule has 2 fully saturated rings. The number of hydrogen-bond acceptors (Lipinski definition) is 4. The summed E-state index contributed by atoms with van der Waals surface area (Å²) >= 11 is 0. The van der Waals surface area contributed by atoms with Gasteiger partial charge in [-0.15, -0.1) is 0 Å². The van der Waals surface area contributed by atoms with Gasteiger partial charge in [0.15, 0.2) is 0 Å². The Balaban J connectivity index is 1.57. The van der Waals surface area contributed by atoms with Crippen LogP contribution < -0.4 is 0 Å². The average Bonchev–Trinajstić information content (AvgIpc) is 2.66. The van der Waals surface area contributed by atoms with Gasteiger partial charge in [-0.05, 0) is 38.5 Å². The Kier molecular flexibility index (Phi) is 10.8. The Bertz CT molecular complexity index is 430. The standard InChI is InChI=1S/C23H40O4/c1-2-3-4-5-6-7-8-9-12-18-26-22(24)20-16-10-11-17-21(20)23(25)27-19-14-13-15-19/h19-21H,2-18H2,1H3. The molecular formula is C23H40O4. The van der Waals surface area contributed by atoms with E-state index in [-0.39, 0.29) is 29.9 Å². The zero-order valence-corrected chi connectivity index (χ0v) is 17.4. The molecule has 0 heterocycles. The highest BCUT2D eigenvalue weighted by Gasteiger charge is 2.39. The van der Waals surface area contributed by atoms with Crippen LogP contribution in [0.4, 0.5) is 0 Å². The van der Waals surface area contributed by atoms with Gasteiger partial charge in [0.1, 0.15) is 6.10 Å². The molecule has 2 aliphatic carbocycles. The summed E-state index contributed by atoms with van der Waals surface area (Å²) in [6.07, 6.45) is 18.0. The van der Waals surface area contributed by atoms with Crippen LogP contribution >= 0.6 is 0 Å². The highest BCUT2D eigenvalue weighted by molar-refractivity contribution is 5.82. The largest absolute Gasteiger partial charge is 0.465 e. The van der Waals surface area contributed by atoms with E-state index in [1.54, 1.807) is 0 Å². The second-order valence-electron chi connectivity index (χ2n) is 8.48. The van der Waals surface area contributed by atoms with Crippen molar-refractivity contribution in [3.63, 3.8) is 0 Å². The molecule has 4 heteroatoms. The van der Waals surface area contributed by atoms with Crippen molar-refractivity contribution in [3.05, 3.63) is 0 Å². The first-order valence-electron chi connectivity index (χ1n) is 11.6. The first kappa shape index (κ1) is 22.2. The number of ether oxygens (including phenoxy) is 2. The minimum Gasteiger partial charge on any atom is -0.465 e. The Morgan fingerprint density at radius 3 is 1.81 bits per heavy atom. The fraction of sp³-hybridized carbons (Fsp3) is 0.913. The minimum atomic E-state index is -0.287. The second-order valence-corrected chi connectivity index (χ2v) is 8.48. The van der Waals surface area contributed by atoms with Crippen molar-refractivity contribution in [2.24, 2.45) is 11.8 Å². The minimum absolute atomic E-state index is 0.0954. The lowest BCUT2D eigenvalue weighted by atomic mass is 9.79. The molecule has 0 aromatic carbocycles. The molecule has 2 unspecified atom stereocenters. The number of carbonyl (C=O) groups excluding carboxylic acids is 2. The first-order valence-corrected chi connectivity index (χ1v) is 11.6. The van der Waals surface area contributed by atoms with Gasteiger partial charge in [0, 0.05) is 0 Å². The van der Waals surface area contributed by atoms with Gasteiger partial charge in [-0.3, -0.25) is 9.59 Å². The van der Waals surface area contributed by atoms with Crippen LogP contribution in [-0.2, 0) is 19.1 Å². The number of carbonyl (C=O) groups is 2. The van der Waals surface area contributed by atoms with Crippen LogP contribution in [0.3, 0.4) is 0 Å². The first-order chi connectivity index (χ1) is 13.2. The lowest BCUT2D eigenvalue weighted by Gasteiger charge is -2.32. The Morgan fingerprint density at radius 2 is 1.26 bits per heavy atom. The molecule has 0 bridgehead atoms. The van der Waals surface area contributed by atoms with E-state index < -0.39 is 0 Å². The van der Waals surface area contributed by atoms with Gasteiger partial charge in [0.25, 0.3) is 0 Å². The van der Waals surface area contributed by atoms with Crippen molar-refractivity contribution >= 4 is 11.9 Å². The van der Waals surface area contributed by atoms with E-state index in [1.807, 2.05) is 0 Å². The molecule has 0 aromatic rings. The topological polar surface area (TPSA) is 52.6 Å². The summed E-state index contributed by atoms with van der Waals surface area (Å²) in [6.45, 7) is 2.74. The maximum atomic E-state index is 12.5. The van der Waals surface area contributed by atoms with Crippen molar-refractivity contribution in [2.45, 2.75) is 116 Å². The third-order valence-electron chi connectivity index (χ3n) is 6.20. The number of hydrogen-bond donors (Lipinski definition) is 0. The summed E-state index contributed by atoms with van der Waals surface area (Å²) < 4.78 is 11.1. The molecular weight excluding hydrogens is 340 g/mol. The molecule has 2 aliphatic rings. The molecule has 0 aromatic heterocycles. The van der Waals surface area contributed by atoms with Gasteiger partial charge in [-0.2, -0.15) is 0 Å². The fourth-order valence-corrected chi connectivity index (χ4v) is 4.13. The zero-order valence-electron chi connectivity index (χ0n) is 17.4. The van der Waals surface area contributed by atoms with Gasteiger partial charge >= 0.3 is 11.9 Å². The third kappa shape index (κ3) is 8.23. The number of rotatable bonds is 13. The van der Waals surface area contributed by atoms with E-state index in [9.17, 15) is 9.59 Å². The van der Waals surface area contributed by atoms with Crippen LogP contribution in [0.5, 0.6) is 0 Å². The highest BCUT2D eigenvalue weighted by Crippen LogP contribution is 2.34. The van der Waals surface area contributed by atoms with Crippen molar-refractivity contribution in [2.75, 3.05) is 6.61 Å². The van der Waals surface area contributed by atoms with Crippen LogP contribution in [0.15, 0.2) is 0 Å². The van der Waals surface area contributed by atoms with Crippen molar-refractivity contribution in [1.82, 2.24) is 0 Å². The lowest BCUT2D eigenvalue weighted by Crippen LogP contribution is -2.37. The normalized spacial score (nSPS) is 22.9. The third-order valence-corrected chi connectivity index (χ3v) is 6.20. The number of unbranched alkanes of at least 4 members (excludes halogenated alkanes) is 8. The van der Waals surface area contributed by atoms with E-state index in [1.165, 1.54) is 44.9 Å². The SMILES string of the molecule is CCCCCCCCCCCOC(=O)C1CCCCC1C(=O)OC1CCC1. The molecule has 27 heavy (non-hydrogen) atoms. The predicted octanol–water partition coefficient (Wildman–Crippen LogP) is 5.96. The number of esters is 2. The maximum absolute atomic E-state index is 12.5. The summed E-state index contributed by atoms with van der Waals surface area (Å²) in [6, 6.07) is 0. The lowest BCUT2D eigenvalue weighted by molar-refractivity contribution is -0.168.